The van der Waals surface area contributed by atoms with E-state index in [0.717, 1.165) is 38.4 Å². The second-order valence-corrected chi connectivity index (χ2v) is 8.63. The minimum Gasteiger partial charge on any atom is -0.335 e. The first-order valence-corrected chi connectivity index (χ1v) is 10.00. The van der Waals surface area contributed by atoms with Gasteiger partial charge in [-0.05, 0) is 26.0 Å². The summed E-state index contributed by atoms with van der Waals surface area (Å²) in [6.45, 7) is 8.23. The molecule has 2 saturated heterocycles. The van der Waals surface area contributed by atoms with Gasteiger partial charge in [-0.3, -0.25) is 9.48 Å². The number of carbonyl (C=O) groups is 1. The molecule has 1 amide bonds. The lowest BCUT2D eigenvalue weighted by Gasteiger charge is -2.33. The highest BCUT2D eigenvalue weighted by molar-refractivity contribution is 7.91. The van der Waals surface area contributed by atoms with E-state index in [1.54, 1.807) is 10.7 Å². The van der Waals surface area contributed by atoms with Crippen LogP contribution in [0.5, 0.6) is 0 Å². The second kappa shape index (κ2) is 6.24. The van der Waals surface area contributed by atoms with Crippen molar-refractivity contribution >= 4 is 15.7 Å². The highest BCUT2D eigenvalue weighted by atomic mass is 32.2. The van der Waals surface area contributed by atoms with Crippen LogP contribution in [0.25, 0.3) is 0 Å². The fraction of sp³-hybridized carbons (Fsp3) is 0.733. The number of amides is 1. The van der Waals surface area contributed by atoms with Gasteiger partial charge in [0.25, 0.3) is 5.91 Å². The number of carbonyl (C=O) groups excluding carboxylic acids is 1. The smallest absolute Gasteiger partial charge is 0.274 e. The maximum atomic E-state index is 12.6. The van der Waals surface area contributed by atoms with Crippen molar-refractivity contribution < 1.29 is 13.2 Å². The fourth-order valence-electron chi connectivity index (χ4n) is 3.36. The van der Waals surface area contributed by atoms with Gasteiger partial charge in [-0.15, -0.1) is 0 Å². The molecule has 23 heavy (non-hydrogen) atoms. The number of sulfone groups is 1. The standard InChI is InChI=1S/C15H24N4O3S/c1-3-17-5-7-18(8-6-17)15(20)14-10-12(2)19(16-14)13-4-9-23(21,22)11-13/h10,13H,3-9,11H2,1-2H3. The topological polar surface area (TPSA) is 75.5 Å². The zero-order valence-electron chi connectivity index (χ0n) is 13.7. The van der Waals surface area contributed by atoms with E-state index in [1.165, 1.54) is 0 Å². The average molecular weight is 340 g/mol. The predicted octanol–water partition coefficient (Wildman–Crippen LogP) is 0.329. The molecular formula is C15H24N4O3S. The molecule has 0 aliphatic carbocycles. The first-order valence-electron chi connectivity index (χ1n) is 8.18. The number of likely N-dealkylation sites (N-methyl/N-ethyl adjacent to an activating group) is 1. The highest BCUT2D eigenvalue weighted by Crippen LogP contribution is 2.25. The molecule has 3 rings (SSSR count). The minimum atomic E-state index is -2.96. The van der Waals surface area contributed by atoms with Crippen LogP contribution in [-0.2, 0) is 9.84 Å². The van der Waals surface area contributed by atoms with Crippen molar-refractivity contribution in [3.8, 4) is 0 Å². The fourth-order valence-corrected chi connectivity index (χ4v) is 5.05. The quantitative estimate of drug-likeness (QED) is 0.793. The van der Waals surface area contributed by atoms with E-state index in [9.17, 15) is 13.2 Å². The Labute approximate surface area is 137 Å². The highest BCUT2D eigenvalue weighted by Gasteiger charge is 2.32. The van der Waals surface area contributed by atoms with Crippen molar-refractivity contribution in [1.29, 1.82) is 0 Å². The Morgan fingerprint density at radius 2 is 2.00 bits per heavy atom. The first kappa shape index (κ1) is 16.4. The van der Waals surface area contributed by atoms with Gasteiger partial charge < -0.3 is 9.80 Å². The van der Waals surface area contributed by atoms with Crippen LogP contribution in [0.2, 0.25) is 0 Å². The lowest BCUT2D eigenvalue weighted by atomic mass is 10.2. The number of rotatable bonds is 3. The molecule has 0 aromatic carbocycles. The number of hydrogen-bond acceptors (Lipinski definition) is 5. The van der Waals surface area contributed by atoms with Crippen LogP contribution >= 0.6 is 0 Å². The number of hydrogen-bond donors (Lipinski definition) is 0. The molecule has 1 aromatic rings. The largest absolute Gasteiger partial charge is 0.335 e. The van der Waals surface area contributed by atoms with E-state index < -0.39 is 9.84 Å². The van der Waals surface area contributed by atoms with Crippen molar-refractivity contribution in [2.45, 2.75) is 26.3 Å². The summed E-state index contributed by atoms with van der Waals surface area (Å²) in [5.41, 5.74) is 1.28. The number of nitrogens with zero attached hydrogens (tertiary/aromatic N) is 4. The average Bonchev–Trinajstić information content (AvgIpc) is 3.09. The molecule has 1 unspecified atom stereocenters. The lowest BCUT2D eigenvalue weighted by molar-refractivity contribution is 0.0636. The summed E-state index contributed by atoms with van der Waals surface area (Å²) in [5, 5.41) is 4.42. The molecule has 3 heterocycles. The molecule has 0 bridgehead atoms. The lowest BCUT2D eigenvalue weighted by Crippen LogP contribution is -2.48. The van der Waals surface area contributed by atoms with Crippen molar-refractivity contribution in [3.05, 3.63) is 17.5 Å². The maximum absolute atomic E-state index is 12.6. The number of piperazine rings is 1. The molecule has 1 aromatic heterocycles. The molecule has 0 N–H and O–H groups in total. The Kier molecular flexibility index (Phi) is 4.46. The van der Waals surface area contributed by atoms with E-state index in [1.807, 2.05) is 11.8 Å². The Bertz CT molecular complexity index is 690. The zero-order chi connectivity index (χ0) is 16.6. The summed E-state index contributed by atoms with van der Waals surface area (Å²) in [6, 6.07) is 1.64. The summed E-state index contributed by atoms with van der Waals surface area (Å²) in [6.07, 6.45) is 0.577. The molecule has 2 aliphatic rings. The van der Waals surface area contributed by atoms with Crippen molar-refractivity contribution in [2.24, 2.45) is 0 Å². The van der Waals surface area contributed by atoms with Crippen LogP contribution in [-0.4, -0.2) is 78.1 Å². The molecule has 0 spiro atoms. The van der Waals surface area contributed by atoms with Gasteiger partial charge in [0, 0.05) is 31.9 Å². The third-order valence-electron chi connectivity index (χ3n) is 4.80. The zero-order valence-corrected chi connectivity index (χ0v) is 14.5. The van der Waals surface area contributed by atoms with Gasteiger partial charge in [-0.25, -0.2) is 8.42 Å². The van der Waals surface area contributed by atoms with Gasteiger partial charge >= 0.3 is 0 Å². The summed E-state index contributed by atoms with van der Waals surface area (Å²) in [5.74, 6) is 0.279. The van der Waals surface area contributed by atoms with Gasteiger partial charge in [0.1, 0.15) is 0 Å². The maximum Gasteiger partial charge on any atom is 0.274 e. The Hall–Kier alpha value is -1.41. The predicted molar refractivity (Wildman–Crippen MR) is 87.3 cm³/mol. The van der Waals surface area contributed by atoms with Crippen LogP contribution in [0.3, 0.4) is 0 Å². The van der Waals surface area contributed by atoms with E-state index in [-0.39, 0.29) is 23.5 Å². The molecule has 2 fully saturated rings. The number of aryl methyl sites for hydroxylation is 1. The van der Waals surface area contributed by atoms with Crippen molar-refractivity contribution in [3.63, 3.8) is 0 Å². The van der Waals surface area contributed by atoms with Gasteiger partial charge in [0.15, 0.2) is 15.5 Å². The first-order chi connectivity index (χ1) is 10.9. The van der Waals surface area contributed by atoms with Crippen LogP contribution in [0.4, 0.5) is 0 Å². The molecule has 2 aliphatic heterocycles. The Balaban J connectivity index is 1.72. The third kappa shape index (κ3) is 3.42. The molecule has 0 radical (unpaired) electrons. The van der Waals surface area contributed by atoms with Crippen LogP contribution in [0, 0.1) is 6.92 Å². The second-order valence-electron chi connectivity index (χ2n) is 6.40. The van der Waals surface area contributed by atoms with Crippen LogP contribution in [0.1, 0.15) is 35.6 Å². The normalized spacial score (nSPS) is 25.0. The molecule has 0 saturated carbocycles. The molecular weight excluding hydrogens is 316 g/mol. The van der Waals surface area contributed by atoms with Gasteiger partial charge in [-0.1, -0.05) is 6.92 Å². The molecule has 1 atom stereocenters. The summed E-state index contributed by atoms with van der Waals surface area (Å²) in [4.78, 5) is 16.8. The van der Waals surface area contributed by atoms with E-state index in [0.29, 0.717) is 12.1 Å². The van der Waals surface area contributed by atoms with Crippen LogP contribution in [0.15, 0.2) is 6.07 Å². The number of aromatic nitrogens is 2. The minimum absolute atomic E-state index is 0.0524. The summed E-state index contributed by atoms with van der Waals surface area (Å²) in [7, 11) is -2.96. The van der Waals surface area contributed by atoms with E-state index in [4.69, 9.17) is 0 Å². The monoisotopic (exact) mass is 340 g/mol. The van der Waals surface area contributed by atoms with Crippen molar-refractivity contribution in [1.82, 2.24) is 19.6 Å². The Morgan fingerprint density at radius 3 is 2.57 bits per heavy atom. The van der Waals surface area contributed by atoms with Gasteiger partial charge in [-0.2, -0.15) is 5.10 Å². The van der Waals surface area contributed by atoms with Crippen molar-refractivity contribution in [2.75, 3.05) is 44.2 Å². The van der Waals surface area contributed by atoms with Crippen LogP contribution < -0.4 is 0 Å². The molecule has 128 valence electrons. The summed E-state index contributed by atoms with van der Waals surface area (Å²) < 4.78 is 25.0. The third-order valence-corrected chi connectivity index (χ3v) is 6.55. The van der Waals surface area contributed by atoms with Gasteiger partial charge in [0.2, 0.25) is 0 Å². The molecule has 8 heteroatoms. The molecule has 7 nitrogen and oxygen atoms in total. The summed E-state index contributed by atoms with van der Waals surface area (Å²) >= 11 is 0. The Morgan fingerprint density at radius 1 is 1.30 bits per heavy atom. The van der Waals surface area contributed by atoms with Gasteiger partial charge in [0.05, 0.1) is 17.5 Å². The SMILES string of the molecule is CCN1CCN(C(=O)c2cc(C)n(C3CCS(=O)(=O)C3)n2)CC1. The van der Waals surface area contributed by atoms with E-state index in [2.05, 4.69) is 16.9 Å². The van der Waals surface area contributed by atoms with E-state index >= 15 is 0 Å².